The zero-order chi connectivity index (χ0) is 22.0. The van der Waals surface area contributed by atoms with Crippen LogP contribution in [0.1, 0.15) is 11.6 Å². The maximum atomic E-state index is 12.6. The topological polar surface area (TPSA) is 168 Å². The number of carbonyl (C=O) groups is 4. The summed E-state index contributed by atoms with van der Waals surface area (Å²) in [5, 5.41) is 14.1. The SMILES string of the molecule is CSCC1=C(C(=O)O)N2C(=O)C(NC(=O)C(N)c3ccc(NC(N)=O)cc3)[C@H]2SC1. The van der Waals surface area contributed by atoms with Crippen LogP contribution in [0.25, 0.3) is 0 Å². The molecule has 1 saturated heterocycles. The molecule has 0 spiro atoms. The van der Waals surface area contributed by atoms with Crippen LogP contribution in [0.2, 0.25) is 0 Å². The van der Waals surface area contributed by atoms with E-state index in [1.54, 1.807) is 24.3 Å². The second kappa shape index (κ2) is 8.98. The van der Waals surface area contributed by atoms with Crippen molar-refractivity contribution in [2.45, 2.75) is 17.5 Å². The Labute approximate surface area is 180 Å². The van der Waals surface area contributed by atoms with Crippen LogP contribution in [-0.4, -0.2) is 63.0 Å². The van der Waals surface area contributed by atoms with Gasteiger partial charge in [-0.1, -0.05) is 12.1 Å². The van der Waals surface area contributed by atoms with Gasteiger partial charge in [-0.2, -0.15) is 11.8 Å². The summed E-state index contributed by atoms with van der Waals surface area (Å²) in [7, 11) is 0. The number of hydrogen-bond acceptors (Lipinski definition) is 7. The number of anilines is 1. The number of thioether (sulfide) groups is 2. The number of β-lactam (4-membered cyclic amide) rings is 1. The highest BCUT2D eigenvalue weighted by Gasteiger charge is 2.54. The third-order valence-corrected chi connectivity index (χ3v) is 6.66. The fourth-order valence-electron chi connectivity index (χ4n) is 3.28. The van der Waals surface area contributed by atoms with Gasteiger partial charge in [0.15, 0.2) is 0 Å². The van der Waals surface area contributed by atoms with Crippen LogP contribution < -0.4 is 22.1 Å². The molecule has 1 fully saturated rings. The highest BCUT2D eigenvalue weighted by atomic mass is 32.2. The first-order chi connectivity index (χ1) is 14.2. The minimum atomic E-state index is -1.15. The first-order valence-corrected chi connectivity index (χ1v) is 11.3. The van der Waals surface area contributed by atoms with Gasteiger partial charge in [-0.25, -0.2) is 9.59 Å². The van der Waals surface area contributed by atoms with Crippen molar-refractivity contribution in [3.63, 3.8) is 0 Å². The molecule has 3 rings (SSSR count). The molecule has 10 nitrogen and oxygen atoms in total. The molecule has 1 aromatic carbocycles. The molecule has 0 aliphatic carbocycles. The first kappa shape index (κ1) is 22.0. The van der Waals surface area contributed by atoms with Crippen LogP contribution in [0, 0.1) is 0 Å². The van der Waals surface area contributed by atoms with E-state index in [1.807, 2.05) is 6.26 Å². The van der Waals surface area contributed by atoms with Gasteiger partial charge in [0, 0.05) is 17.2 Å². The van der Waals surface area contributed by atoms with E-state index >= 15 is 0 Å². The molecule has 1 aromatic rings. The van der Waals surface area contributed by atoms with E-state index in [0.717, 1.165) is 0 Å². The minimum absolute atomic E-state index is 0.00503. The lowest BCUT2D eigenvalue weighted by Gasteiger charge is -2.49. The van der Waals surface area contributed by atoms with Crippen LogP contribution in [0.4, 0.5) is 10.5 Å². The number of primary amides is 1. The predicted octanol–water partition coefficient (Wildman–Crippen LogP) is 0.279. The maximum absolute atomic E-state index is 12.6. The summed E-state index contributed by atoms with van der Waals surface area (Å²) in [6.07, 6.45) is 1.86. The van der Waals surface area contributed by atoms with E-state index in [9.17, 15) is 24.3 Å². The van der Waals surface area contributed by atoms with Gasteiger partial charge >= 0.3 is 12.0 Å². The average molecular weight is 452 g/mol. The van der Waals surface area contributed by atoms with E-state index in [-0.39, 0.29) is 5.70 Å². The smallest absolute Gasteiger partial charge is 0.352 e. The average Bonchev–Trinajstić information content (AvgIpc) is 2.71. The van der Waals surface area contributed by atoms with Crippen molar-refractivity contribution in [3.8, 4) is 0 Å². The van der Waals surface area contributed by atoms with Crippen molar-refractivity contribution in [1.29, 1.82) is 0 Å². The van der Waals surface area contributed by atoms with Gasteiger partial charge in [-0.05, 0) is 29.5 Å². The zero-order valence-corrected chi connectivity index (χ0v) is 17.6. The summed E-state index contributed by atoms with van der Waals surface area (Å²) in [6, 6.07) is 3.66. The zero-order valence-electron chi connectivity index (χ0n) is 16.0. The van der Waals surface area contributed by atoms with E-state index in [0.29, 0.717) is 28.3 Å². The third-order valence-electron chi connectivity index (χ3n) is 4.69. The molecule has 2 heterocycles. The number of amides is 4. The minimum Gasteiger partial charge on any atom is -0.477 e. The van der Waals surface area contributed by atoms with Crippen LogP contribution in [0.3, 0.4) is 0 Å². The van der Waals surface area contributed by atoms with Crippen molar-refractivity contribution in [1.82, 2.24) is 10.2 Å². The lowest BCUT2D eigenvalue weighted by atomic mass is 10.0. The fourth-order valence-corrected chi connectivity index (χ4v) is 5.34. The molecule has 12 heteroatoms. The Balaban J connectivity index is 1.68. The fraction of sp³-hybridized carbons (Fsp3) is 0.333. The number of aliphatic carboxylic acids is 1. The van der Waals surface area contributed by atoms with Gasteiger partial charge in [-0.3, -0.25) is 14.5 Å². The molecule has 0 aromatic heterocycles. The number of urea groups is 1. The third kappa shape index (κ3) is 4.25. The van der Waals surface area contributed by atoms with Crippen LogP contribution in [-0.2, 0) is 14.4 Å². The molecule has 3 atom stereocenters. The van der Waals surface area contributed by atoms with Crippen molar-refractivity contribution in [2.24, 2.45) is 11.5 Å². The Morgan fingerprint density at radius 1 is 1.33 bits per heavy atom. The lowest BCUT2D eigenvalue weighted by molar-refractivity contribution is -0.150. The number of benzene rings is 1. The van der Waals surface area contributed by atoms with E-state index < -0.39 is 41.3 Å². The van der Waals surface area contributed by atoms with Crippen molar-refractivity contribution in [3.05, 3.63) is 41.1 Å². The maximum Gasteiger partial charge on any atom is 0.352 e. The normalized spacial score (nSPS) is 21.4. The predicted molar refractivity (Wildman–Crippen MR) is 115 cm³/mol. The Bertz CT molecular complexity index is 920. The quantitative estimate of drug-likeness (QED) is 0.368. The molecule has 0 radical (unpaired) electrons. The number of rotatable bonds is 7. The first-order valence-electron chi connectivity index (χ1n) is 8.86. The molecule has 2 aliphatic rings. The summed E-state index contributed by atoms with van der Waals surface area (Å²) in [6.45, 7) is 0. The summed E-state index contributed by atoms with van der Waals surface area (Å²) < 4.78 is 0. The Morgan fingerprint density at radius 3 is 2.57 bits per heavy atom. The van der Waals surface area contributed by atoms with Gasteiger partial charge in [0.25, 0.3) is 5.91 Å². The van der Waals surface area contributed by atoms with Crippen LogP contribution >= 0.6 is 23.5 Å². The van der Waals surface area contributed by atoms with Gasteiger partial charge < -0.3 is 27.2 Å². The van der Waals surface area contributed by atoms with E-state index in [1.165, 1.54) is 28.4 Å². The molecular weight excluding hydrogens is 430 g/mol. The lowest BCUT2D eigenvalue weighted by Crippen LogP contribution is -2.71. The van der Waals surface area contributed by atoms with E-state index in [4.69, 9.17) is 11.5 Å². The van der Waals surface area contributed by atoms with Crippen molar-refractivity contribution >= 4 is 53.0 Å². The largest absolute Gasteiger partial charge is 0.477 e. The van der Waals surface area contributed by atoms with Gasteiger partial charge in [-0.15, -0.1) is 11.8 Å². The number of fused-ring (bicyclic) bond motifs is 1. The molecule has 2 aliphatic heterocycles. The number of carbonyl (C=O) groups excluding carboxylic acids is 3. The molecule has 160 valence electrons. The van der Waals surface area contributed by atoms with Crippen LogP contribution in [0.5, 0.6) is 0 Å². The Hall–Kier alpha value is -2.70. The summed E-state index contributed by atoms with van der Waals surface area (Å²) in [4.78, 5) is 49.0. The number of nitrogens with two attached hydrogens (primary N) is 2. The number of nitrogens with one attached hydrogen (secondary N) is 2. The second-order valence-electron chi connectivity index (χ2n) is 6.68. The van der Waals surface area contributed by atoms with Gasteiger partial charge in [0.2, 0.25) is 5.91 Å². The van der Waals surface area contributed by atoms with Gasteiger partial charge in [0.05, 0.1) is 0 Å². The number of hydrogen-bond donors (Lipinski definition) is 5. The van der Waals surface area contributed by atoms with Gasteiger partial charge in [0.1, 0.15) is 23.2 Å². The Kier molecular flexibility index (Phi) is 6.58. The Morgan fingerprint density at radius 2 is 2.00 bits per heavy atom. The molecule has 30 heavy (non-hydrogen) atoms. The molecule has 7 N–H and O–H groups in total. The van der Waals surface area contributed by atoms with Crippen molar-refractivity contribution in [2.75, 3.05) is 23.1 Å². The summed E-state index contributed by atoms with van der Waals surface area (Å²) in [5.41, 5.74) is 12.7. The second-order valence-corrected chi connectivity index (χ2v) is 8.65. The molecule has 0 saturated carbocycles. The number of carboxylic acids is 1. The molecule has 0 bridgehead atoms. The molecular formula is C18H21N5O5S2. The summed E-state index contributed by atoms with van der Waals surface area (Å²) in [5.74, 6) is -1.18. The van der Waals surface area contributed by atoms with Crippen LogP contribution in [0.15, 0.2) is 35.5 Å². The summed E-state index contributed by atoms with van der Waals surface area (Å²) >= 11 is 2.90. The highest BCUT2D eigenvalue weighted by Crippen LogP contribution is 2.41. The highest BCUT2D eigenvalue weighted by molar-refractivity contribution is 8.00. The number of nitrogens with zero attached hydrogens (tertiary/aromatic N) is 1. The van der Waals surface area contributed by atoms with Crippen molar-refractivity contribution < 1.29 is 24.3 Å². The molecule has 4 amide bonds. The number of carboxylic acid groups (broad SMARTS) is 1. The molecule has 2 unspecified atom stereocenters. The monoisotopic (exact) mass is 451 g/mol. The van der Waals surface area contributed by atoms with E-state index in [2.05, 4.69) is 10.6 Å². The standard InChI is InChI=1S/C18H21N5O5S2/c1-29-6-9-7-30-16-12(15(25)23(16)13(9)17(26)27)22-14(24)11(19)8-2-4-10(5-3-8)21-18(20)28/h2-5,11-12,16H,6-7,19H2,1H3,(H,22,24)(H,26,27)(H3,20,21,28)/t11?,12?,16-/m1/s1.